The van der Waals surface area contributed by atoms with Crippen molar-refractivity contribution in [2.75, 3.05) is 25.4 Å². The van der Waals surface area contributed by atoms with Gasteiger partial charge in [0.05, 0.1) is 0 Å². The number of hydrogen-bond acceptors (Lipinski definition) is 7. The van der Waals surface area contributed by atoms with Crippen molar-refractivity contribution in [1.82, 2.24) is 15.0 Å². The van der Waals surface area contributed by atoms with Crippen LogP contribution in [0.15, 0.2) is 9.70 Å². The summed E-state index contributed by atoms with van der Waals surface area (Å²) in [4.78, 5) is 17.0. The van der Waals surface area contributed by atoms with E-state index in [-0.39, 0.29) is 0 Å². The first kappa shape index (κ1) is 14.1. The molecule has 1 rings (SSSR count). The van der Waals surface area contributed by atoms with E-state index < -0.39 is 5.37 Å². The number of rotatable bonds is 8. The first-order chi connectivity index (χ1) is 8.21. The molecule has 1 aromatic rings. The molecule has 0 aliphatic carbocycles. The van der Waals surface area contributed by atoms with Gasteiger partial charge in [-0.3, -0.25) is 0 Å². The van der Waals surface area contributed by atoms with E-state index in [2.05, 4.69) is 34.1 Å². The minimum atomic E-state index is -0.591. The van der Waals surface area contributed by atoms with Crippen LogP contribution >= 0.6 is 11.8 Å². The van der Waals surface area contributed by atoms with E-state index in [4.69, 9.17) is 4.52 Å². The molecule has 0 N–H and O–H groups in total. The quantitative estimate of drug-likeness (QED) is 0.666. The summed E-state index contributed by atoms with van der Waals surface area (Å²) in [5, 5.41) is 6.08. The van der Waals surface area contributed by atoms with E-state index in [1.165, 1.54) is 11.8 Å². The Morgan fingerprint density at radius 1 is 1.47 bits per heavy atom. The van der Waals surface area contributed by atoms with Crippen molar-refractivity contribution >= 4 is 11.8 Å². The fourth-order valence-electron chi connectivity index (χ4n) is 1.39. The van der Waals surface area contributed by atoms with Crippen molar-refractivity contribution in [3.8, 4) is 0 Å². The smallest absolute Gasteiger partial charge is 0.265 e. The predicted octanol–water partition coefficient (Wildman–Crippen LogP) is 2.22. The minimum absolute atomic E-state index is 0.294. The Morgan fingerprint density at radius 2 is 2.18 bits per heavy atom. The molecule has 0 aromatic carbocycles. The molecule has 0 spiro atoms. The average Bonchev–Trinajstić information content (AvgIpc) is 2.76. The summed E-state index contributed by atoms with van der Waals surface area (Å²) in [5.74, 6) is 1.64. The second kappa shape index (κ2) is 7.39. The third kappa shape index (κ3) is 4.43. The van der Waals surface area contributed by atoms with Crippen molar-refractivity contribution < 1.29 is 4.52 Å². The highest BCUT2D eigenvalue weighted by Crippen LogP contribution is 2.28. The third-order valence-electron chi connectivity index (χ3n) is 2.43. The van der Waals surface area contributed by atoms with E-state index in [1.54, 1.807) is 6.92 Å². The molecule has 1 aromatic heterocycles. The molecule has 0 radical (unpaired) electrons. The maximum absolute atomic E-state index is 10.7. The Bertz CT molecular complexity index is 341. The molecule has 0 amide bonds. The van der Waals surface area contributed by atoms with Gasteiger partial charge in [0.2, 0.25) is 5.37 Å². The molecule has 1 heterocycles. The van der Waals surface area contributed by atoms with Crippen LogP contribution in [-0.4, -0.2) is 40.4 Å². The second-order valence-corrected chi connectivity index (χ2v) is 4.72. The summed E-state index contributed by atoms with van der Waals surface area (Å²) in [5.41, 5.74) is 0. The summed E-state index contributed by atoms with van der Waals surface area (Å²) < 4.78 is 4.94. The number of nitrogens with zero attached hydrogens (tertiary/aromatic N) is 4. The fraction of sp³-hybridized carbons (Fsp3) is 0.800. The fourth-order valence-corrected chi connectivity index (χ4v) is 2.28. The van der Waals surface area contributed by atoms with Crippen LogP contribution in [-0.2, 0) is 0 Å². The molecule has 0 saturated carbocycles. The molecule has 0 aliphatic rings. The third-order valence-corrected chi connectivity index (χ3v) is 3.45. The molecular weight excluding hydrogens is 240 g/mol. The maximum Gasteiger partial charge on any atom is 0.265 e. The normalized spacial score (nSPS) is 12.9. The Labute approximate surface area is 105 Å². The molecule has 96 valence electrons. The molecule has 0 fully saturated rings. The van der Waals surface area contributed by atoms with Gasteiger partial charge in [-0.05, 0) is 25.2 Å². The van der Waals surface area contributed by atoms with Crippen molar-refractivity contribution in [3.05, 3.63) is 16.6 Å². The summed E-state index contributed by atoms with van der Waals surface area (Å²) in [6.07, 6.45) is 0. The monoisotopic (exact) mass is 258 g/mol. The molecule has 1 unspecified atom stereocenters. The summed E-state index contributed by atoms with van der Waals surface area (Å²) in [6, 6.07) is 0. The molecule has 0 bridgehead atoms. The van der Waals surface area contributed by atoms with Crippen LogP contribution in [0.1, 0.15) is 30.9 Å². The zero-order valence-electron chi connectivity index (χ0n) is 10.4. The SMILES string of the molecule is CCN(CC)CCSC(N=O)c1nc(C)no1. The largest absolute Gasteiger partial charge is 0.336 e. The van der Waals surface area contributed by atoms with Crippen LogP contribution in [0, 0.1) is 11.8 Å². The topological polar surface area (TPSA) is 71.6 Å². The number of thioether (sulfide) groups is 1. The van der Waals surface area contributed by atoms with E-state index in [0.717, 1.165) is 25.4 Å². The highest BCUT2D eigenvalue weighted by atomic mass is 32.2. The Morgan fingerprint density at radius 3 is 2.65 bits per heavy atom. The van der Waals surface area contributed by atoms with Crippen LogP contribution in [0.5, 0.6) is 0 Å². The predicted molar refractivity (Wildman–Crippen MR) is 67.8 cm³/mol. The first-order valence-corrected chi connectivity index (χ1v) is 6.72. The van der Waals surface area contributed by atoms with Gasteiger partial charge in [0.25, 0.3) is 5.89 Å². The van der Waals surface area contributed by atoms with E-state index in [0.29, 0.717) is 11.7 Å². The summed E-state index contributed by atoms with van der Waals surface area (Å²) in [7, 11) is 0. The molecule has 0 saturated heterocycles. The van der Waals surface area contributed by atoms with E-state index >= 15 is 0 Å². The van der Waals surface area contributed by atoms with Crippen LogP contribution < -0.4 is 0 Å². The van der Waals surface area contributed by atoms with Crippen LogP contribution in [0.25, 0.3) is 0 Å². The van der Waals surface area contributed by atoms with Gasteiger partial charge in [-0.1, -0.05) is 19.0 Å². The van der Waals surface area contributed by atoms with Crippen molar-refractivity contribution in [3.63, 3.8) is 0 Å². The van der Waals surface area contributed by atoms with Crippen molar-refractivity contribution in [2.24, 2.45) is 5.18 Å². The number of aryl methyl sites for hydroxylation is 1. The molecule has 6 nitrogen and oxygen atoms in total. The maximum atomic E-state index is 10.7. The number of aromatic nitrogens is 2. The van der Waals surface area contributed by atoms with Crippen LogP contribution in [0.4, 0.5) is 0 Å². The second-order valence-electron chi connectivity index (χ2n) is 3.54. The molecule has 17 heavy (non-hydrogen) atoms. The van der Waals surface area contributed by atoms with Gasteiger partial charge in [-0.25, -0.2) is 0 Å². The van der Waals surface area contributed by atoms with E-state index in [9.17, 15) is 4.91 Å². The molecule has 7 heteroatoms. The Kier molecular flexibility index (Phi) is 6.13. The number of nitroso groups, excluding NO2 is 1. The lowest BCUT2D eigenvalue weighted by Crippen LogP contribution is -2.25. The van der Waals surface area contributed by atoms with Gasteiger partial charge in [0, 0.05) is 12.3 Å². The standard InChI is InChI=1S/C10H18N4O2S/c1-4-14(5-2)6-7-17-10(12-15)9-11-8(3)13-16-9/h10H,4-7H2,1-3H3. The summed E-state index contributed by atoms with van der Waals surface area (Å²) in [6.45, 7) is 8.90. The number of hydrogen-bond donors (Lipinski definition) is 0. The lowest BCUT2D eigenvalue weighted by Gasteiger charge is -2.17. The zero-order chi connectivity index (χ0) is 12.7. The Balaban J connectivity index is 2.40. The lowest BCUT2D eigenvalue weighted by molar-refractivity contribution is 0.323. The van der Waals surface area contributed by atoms with Gasteiger partial charge < -0.3 is 9.42 Å². The van der Waals surface area contributed by atoms with Gasteiger partial charge >= 0.3 is 0 Å². The minimum Gasteiger partial charge on any atom is -0.336 e. The molecule has 1 atom stereocenters. The summed E-state index contributed by atoms with van der Waals surface area (Å²) >= 11 is 1.43. The van der Waals surface area contributed by atoms with Gasteiger partial charge in [0.1, 0.15) is 0 Å². The van der Waals surface area contributed by atoms with Crippen molar-refractivity contribution in [2.45, 2.75) is 26.1 Å². The zero-order valence-corrected chi connectivity index (χ0v) is 11.2. The molecular formula is C10H18N4O2S. The molecule has 0 aliphatic heterocycles. The van der Waals surface area contributed by atoms with Gasteiger partial charge in [-0.2, -0.15) is 4.98 Å². The lowest BCUT2D eigenvalue weighted by atomic mass is 10.5. The highest BCUT2D eigenvalue weighted by molar-refractivity contribution is 7.99. The van der Waals surface area contributed by atoms with Crippen LogP contribution in [0.2, 0.25) is 0 Å². The Hall–Kier alpha value is -0.950. The van der Waals surface area contributed by atoms with Crippen LogP contribution in [0.3, 0.4) is 0 Å². The first-order valence-electron chi connectivity index (χ1n) is 5.67. The highest BCUT2D eigenvalue weighted by Gasteiger charge is 2.19. The van der Waals surface area contributed by atoms with E-state index in [1.807, 2.05) is 0 Å². The van der Waals surface area contributed by atoms with Crippen molar-refractivity contribution in [1.29, 1.82) is 0 Å². The van der Waals surface area contributed by atoms with Gasteiger partial charge in [-0.15, -0.1) is 16.7 Å². The van der Waals surface area contributed by atoms with Gasteiger partial charge in [0.15, 0.2) is 5.82 Å². The average molecular weight is 258 g/mol.